The quantitative estimate of drug-likeness (QED) is 0.764. The van der Waals surface area contributed by atoms with Crippen LogP contribution in [0.25, 0.3) is 0 Å². The summed E-state index contributed by atoms with van der Waals surface area (Å²) < 4.78 is 5.23. The van der Waals surface area contributed by atoms with Crippen molar-refractivity contribution in [2.45, 2.75) is 39.3 Å². The van der Waals surface area contributed by atoms with Crippen LogP contribution in [-0.2, 0) is 6.54 Å². The summed E-state index contributed by atoms with van der Waals surface area (Å²) in [5, 5.41) is 12.4. The molecule has 0 aliphatic carbocycles. The lowest BCUT2D eigenvalue weighted by atomic mass is 10.1. The molecule has 1 unspecified atom stereocenters. The molecule has 0 aliphatic heterocycles. The summed E-state index contributed by atoms with van der Waals surface area (Å²) in [4.78, 5) is 0. The van der Waals surface area contributed by atoms with Gasteiger partial charge in [-0.15, -0.1) is 0 Å². The summed E-state index contributed by atoms with van der Waals surface area (Å²) >= 11 is 0. The Morgan fingerprint density at radius 2 is 2.18 bits per heavy atom. The van der Waals surface area contributed by atoms with Crippen molar-refractivity contribution in [3.8, 4) is 5.75 Å². The van der Waals surface area contributed by atoms with E-state index in [-0.39, 0.29) is 6.61 Å². The summed E-state index contributed by atoms with van der Waals surface area (Å²) in [5.74, 6) is 0.927. The maximum Gasteiger partial charge on any atom is 0.121 e. The average Bonchev–Trinajstić information content (AvgIpc) is 2.34. The van der Waals surface area contributed by atoms with E-state index >= 15 is 0 Å². The summed E-state index contributed by atoms with van der Waals surface area (Å²) in [6.07, 6.45) is 1.85. The average molecular weight is 237 g/mol. The molecule has 3 heteroatoms. The molecule has 0 aromatic heterocycles. The number of aliphatic hydroxyl groups excluding tert-OH is 1. The van der Waals surface area contributed by atoms with Crippen LogP contribution in [0.4, 0.5) is 0 Å². The number of hydrogen-bond donors (Lipinski definition) is 2. The Hall–Kier alpha value is -1.06. The van der Waals surface area contributed by atoms with E-state index in [4.69, 9.17) is 9.84 Å². The fraction of sp³-hybridized carbons (Fsp3) is 0.571. The van der Waals surface area contributed by atoms with Gasteiger partial charge in [-0.05, 0) is 37.0 Å². The first kappa shape index (κ1) is 14.0. The van der Waals surface area contributed by atoms with Crippen molar-refractivity contribution in [1.29, 1.82) is 0 Å². The summed E-state index contributed by atoms with van der Waals surface area (Å²) in [5.41, 5.74) is 2.40. The molecule has 0 amide bonds. The first-order chi connectivity index (χ1) is 8.21. The van der Waals surface area contributed by atoms with Gasteiger partial charge in [0.2, 0.25) is 0 Å². The number of aliphatic hydroxyl groups is 1. The summed E-state index contributed by atoms with van der Waals surface area (Å²) in [6.45, 7) is 5.26. The van der Waals surface area contributed by atoms with Crippen LogP contribution in [0.3, 0.4) is 0 Å². The second-order valence-electron chi connectivity index (χ2n) is 4.30. The van der Waals surface area contributed by atoms with E-state index in [1.807, 2.05) is 13.0 Å². The fourth-order valence-electron chi connectivity index (χ4n) is 1.92. The molecule has 96 valence electrons. The zero-order valence-electron chi connectivity index (χ0n) is 11.0. The Labute approximate surface area is 104 Å². The van der Waals surface area contributed by atoms with Crippen LogP contribution in [0.1, 0.15) is 30.9 Å². The molecule has 17 heavy (non-hydrogen) atoms. The highest BCUT2D eigenvalue weighted by Gasteiger charge is 2.05. The van der Waals surface area contributed by atoms with Crippen molar-refractivity contribution in [2.75, 3.05) is 13.7 Å². The molecular weight excluding hydrogens is 214 g/mol. The van der Waals surface area contributed by atoms with E-state index in [0.29, 0.717) is 6.04 Å². The second kappa shape index (κ2) is 7.30. The Bertz CT molecular complexity index is 339. The minimum absolute atomic E-state index is 0.243. The number of hydrogen-bond acceptors (Lipinski definition) is 3. The molecule has 1 aromatic carbocycles. The van der Waals surface area contributed by atoms with Gasteiger partial charge < -0.3 is 15.2 Å². The smallest absolute Gasteiger partial charge is 0.121 e. The van der Waals surface area contributed by atoms with E-state index in [1.54, 1.807) is 7.11 Å². The SMILES string of the molecule is CCC(CCO)NCc1ccc(OC)c(C)c1. The molecule has 0 bridgehead atoms. The largest absolute Gasteiger partial charge is 0.496 e. The van der Waals surface area contributed by atoms with E-state index in [2.05, 4.69) is 24.4 Å². The molecule has 0 fully saturated rings. The van der Waals surface area contributed by atoms with Gasteiger partial charge in [0, 0.05) is 19.2 Å². The molecule has 1 aromatic rings. The maximum absolute atomic E-state index is 8.92. The molecule has 0 spiro atoms. The van der Waals surface area contributed by atoms with Crippen LogP contribution in [0.2, 0.25) is 0 Å². The van der Waals surface area contributed by atoms with Gasteiger partial charge in [0.15, 0.2) is 0 Å². The number of nitrogens with one attached hydrogen (secondary N) is 1. The first-order valence-corrected chi connectivity index (χ1v) is 6.19. The van der Waals surface area contributed by atoms with Gasteiger partial charge in [-0.1, -0.05) is 19.1 Å². The molecule has 0 radical (unpaired) electrons. The van der Waals surface area contributed by atoms with Gasteiger partial charge in [0.25, 0.3) is 0 Å². The van der Waals surface area contributed by atoms with Crippen LogP contribution in [0.5, 0.6) is 5.75 Å². The highest BCUT2D eigenvalue weighted by atomic mass is 16.5. The Kier molecular flexibility index (Phi) is 6.01. The number of rotatable bonds is 7. The third-order valence-corrected chi connectivity index (χ3v) is 3.02. The van der Waals surface area contributed by atoms with Crippen LogP contribution in [-0.4, -0.2) is 24.9 Å². The van der Waals surface area contributed by atoms with E-state index in [0.717, 1.165) is 30.7 Å². The lowest BCUT2D eigenvalue weighted by molar-refractivity contribution is 0.262. The normalized spacial score (nSPS) is 12.5. The summed E-state index contributed by atoms with van der Waals surface area (Å²) in [6, 6.07) is 6.60. The lowest BCUT2D eigenvalue weighted by Crippen LogP contribution is -2.28. The molecule has 0 saturated carbocycles. The monoisotopic (exact) mass is 237 g/mol. The molecule has 0 heterocycles. The Morgan fingerprint density at radius 3 is 2.71 bits per heavy atom. The van der Waals surface area contributed by atoms with Crippen molar-refractivity contribution in [3.05, 3.63) is 29.3 Å². The van der Waals surface area contributed by atoms with Crippen molar-refractivity contribution in [1.82, 2.24) is 5.32 Å². The van der Waals surface area contributed by atoms with Crippen molar-refractivity contribution in [3.63, 3.8) is 0 Å². The van der Waals surface area contributed by atoms with Gasteiger partial charge in [0.1, 0.15) is 5.75 Å². The van der Waals surface area contributed by atoms with Gasteiger partial charge in [0.05, 0.1) is 7.11 Å². The zero-order chi connectivity index (χ0) is 12.7. The van der Waals surface area contributed by atoms with Gasteiger partial charge in [-0.3, -0.25) is 0 Å². The molecular formula is C14H23NO2. The topological polar surface area (TPSA) is 41.5 Å². The standard InChI is InChI=1S/C14H23NO2/c1-4-13(7-8-16)15-10-12-5-6-14(17-3)11(2)9-12/h5-6,9,13,15-16H,4,7-8,10H2,1-3H3. The Balaban J connectivity index is 2.54. The number of methoxy groups -OCH3 is 1. The minimum atomic E-state index is 0.243. The predicted molar refractivity (Wildman–Crippen MR) is 70.4 cm³/mol. The highest BCUT2D eigenvalue weighted by molar-refractivity contribution is 5.36. The van der Waals surface area contributed by atoms with E-state index in [9.17, 15) is 0 Å². The van der Waals surface area contributed by atoms with Crippen LogP contribution >= 0.6 is 0 Å². The maximum atomic E-state index is 8.92. The van der Waals surface area contributed by atoms with E-state index < -0.39 is 0 Å². The van der Waals surface area contributed by atoms with Crippen molar-refractivity contribution < 1.29 is 9.84 Å². The van der Waals surface area contributed by atoms with Gasteiger partial charge in [-0.25, -0.2) is 0 Å². The minimum Gasteiger partial charge on any atom is -0.496 e. The number of aryl methyl sites for hydroxylation is 1. The van der Waals surface area contributed by atoms with Gasteiger partial charge >= 0.3 is 0 Å². The van der Waals surface area contributed by atoms with E-state index in [1.165, 1.54) is 5.56 Å². The third-order valence-electron chi connectivity index (χ3n) is 3.02. The molecule has 0 aliphatic rings. The van der Waals surface area contributed by atoms with Crippen LogP contribution < -0.4 is 10.1 Å². The first-order valence-electron chi connectivity index (χ1n) is 6.19. The van der Waals surface area contributed by atoms with Gasteiger partial charge in [-0.2, -0.15) is 0 Å². The lowest BCUT2D eigenvalue weighted by Gasteiger charge is -2.16. The van der Waals surface area contributed by atoms with Crippen molar-refractivity contribution >= 4 is 0 Å². The molecule has 3 nitrogen and oxygen atoms in total. The second-order valence-corrected chi connectivity index (χ2v) is 4.30. The Morgan fingerprint density at radius 1 is 1.41 bits per heavy atom. The predicted octanol–water partition coefficient (Wildman–Crippen LogP) is 2.25. The third kappa shape index (κ3) is 4.36. The highest BCUT2D eigenvalue weighted by Crippen LogP contribution is 2.18. The summed E-state index contributed by atoms with van der Waals surface area (Å²) in [7, 11) is 1.69. The zero-order valence-corrected chi connectivity index (χ0v) is 11.0. The fourth-order valence-corrected chi connectivity index (χ4v) is 1.92. The number of ether oxygens (including phenoxy) is 1. The van der Waals surface area contributed by atoms with Crippen molar-refractivity contribution in [2.24, 2.45) is 0 Å². The molecule has 2 N–H and O–H groups in total. The molecule has 1 rings (SSSR count). The van der Waals surface area contributed by atoms with Crippen LogP contribution in [0, 0.1) is 6.92 Å². The molecule has 1 atom stereocenters. The number of benzene rings is 1. The molecule has 0 saturated heterocycles. The van der Waals surface area contributed by atoms with Crippen LogP contribution in [0.15, 0.2) is 18.2 Å².